The molecule has 2 unspecified atom stereocenters. The molecule has 64 valence electrons. The van der Waals surface area contributed by atoms with E-state index in [2.05, 4.69) is 12.1 Å². The van der Waals surface area contributed by atoms with Gasteiger partial charge in [-0.2, -0.15) is 0 Å². The summed E-state index contributed by atoms with van der Waals surface area (Å²) in [7, 11) is 0. The standard InChI is InChI=1S/C9H11NO2/c1-6-4-8(6)9-3-2-7(12-9)5-10-11/h2-3,5-6,8,11H,4H2,1H3. The third kappa shape index (κ3) is 1.22. The Balaban J connectivity index is 2.14. The van der Waals surface area contributed by atoms with Crippen LogP contribution in [0.1, 0.15) is 30.8 Å². The van der Waals surface area contributed by atoms with Crippen LogP contribution < -0.4 is 0 Å². The highest BCUT2D eigenvalue weighted by molar-refractivity contribution is 5.75. The first-order chi connectivity index (χ1) is 5.81. The molecular weight excluding hydrogens is 154 g/mol. The van der Waals surface area contributed by atoms with E-state index in [4.69, 9.17) is 9.62 Å². The van der Waals surface area contributed by atoms with Crippen molar-refractivity contribution >= 4 is 6.21 Å². The lowest BCUT2D eigenvalue weighted by molar-refractivity contribution is 0.320. The van der Waals surface area contributed by atoms with Gasteiger partial charge in [0.1, 0.15) is 17.7 Å². The van der Waals surface area contributed by atoms with Crippen LogP contribution in [0.3, 0.4) is 0 Å². The number of hydrogen-bond donors (Lipinski definition) is 1. The summed E-state index contributed by atoms with van der Waals surface area (Å²) in [4.78, 5) is 0. The summed E-state index contributed by atoms with van der Waals surface area (Å²) < 4.78 is 5.41. The molecule has 0 amide bonds. The van der Waals surface area contributed by atoms with Crippen molar-refractivity contribution in [3.63, 3.8) is 0 Å². The van der Waals surface area contributed by atoms with E-state index in [1.165, 1.54) is 12.6 Å². The number of furan rings is 1. The maximum absolute atomic E-state index is 8.24. The highest BCUT2D eigenvalue weighted by atomic mass is 16.4. The fraction of sp³-hybridized carbons (Fsp3) is 0.444. The van der Waals surface area contributed by atoms with E-state index in [9.17, 15) is 0 Å². The molecule has 1 N–H and O–H groups in total. The van der Waals surface area contributed by atoms with Crippen LogP contribution in [-0.2, 0) is 0 Å². The second kappa shape index (κ2) is 2.66. The van der Waals surface area contributed by atoms with E-state index in [-0.39, 0.29) is 0 Å². The van der Waals surface area contributed by atoms with Crippen LogP contribution in [-0.4, -0.2) is 11.4 Å². The number of oxime groups is 1. The molecule has 0 aliphatic heterocycles. The Morgan fingerprint density at radius 2 is 2.42 bits per heavy atom. The van der Waals surface area contributed by atoms with Crippen molar-refractivity contribution in [2.45, 2.75) is 19.3 Å². The molecule has 0 spiro atoms. The molecule has 1 aromatic rings. The predicted molar refractivity (Wildman–Crippen MR) is 44.6 cm³/mol. The van der Waals surface area contributed by atoms with Crippen LogP contribution in [0.2, 0.25) is 0 Å². The van der Waals surface area contributed by atoms with Gasteiger partial charge in [-0.3, -0.25) is 0 Å². The van der Waals surface area contributed by atoms with Crippen LogP contribution in [0.15, 0.2) is 21.7 Å². The first-order valence-corrected chi connectivity index (χ1v) is 4.08. The van der Waals surface area contributed by atoms with Gasteiger partial charge in [-0.1, -0.05) is 12.1 Å². The van der Waals surface area contributed by atoms with E-state index in [0.717, 1.165) is 11.7 Å². The summed E-state index contributed by atoms with van der Waals surface area (Å²) in [6.45, 7) is 2.20. The van der Waals surface area contributed by atoms with Crippen molar-refractivity contribution in [2.75, 3.05) is 0 Å². The third-order valence-corrected chi connectivity index (χ3v) is 2.31. The van der Waals surface area contributed by atoms with Crippen LogP contribution in [0.5, 0.6) is 0 Å². The molecule has 1 saturated carbocycles. The molecule has 0 bridgehead atoms. The van der Waals surface area contributed by atoms with Crippen molar-refractivity contribution in [1.29, 1.82) is 0 Å². The second-order valence-corrected chi connectivity index (χ2v) is 3.30. The molecule has 12 heavy (non-hydrogen) atoms. The van der Waals surface area contributed by atoms with E-state index in [0.29, 0.717) is 11.7 Å². The zero-order valence-corrected chi connectivity index (χ0v) is 6.90. The van der Waals surface area contributed by atoms with Crippen LogP contribution >= 0.6 is 0 Å². The molecular formula is C9H11NO2. The van der Waals surface area contributed by atoms with Gasteiger partial charge in [0.2, 0.25) is 0 Å². The lowest BCUT2D eigenvalue weighted by atomic mass is 10.3. The molecule has 1 aliphatic rings. The minimum absolute atomic E-state index is 0.589. The monoisotopic (exact) mass is 165 g/mol. The Labute approximate surface area is 70.7 Å². The Morgan fingerprint density at radius 1 is 1.67 bits per heavy atom. The highest BCUT2D eigenvalue weighted by Gasteiger charge is 2.36. The summed E-state index contributed by atoms with van der Waals surface area (Å²) in [5.41, 5.74) is 0. The summed E-state index contributed by atoms with van der Waals surface area (Å²) in [5, 5.41) is 11.1. The topological polar surface area (TPSA) is 45.7 Å². The highest BCUT2D eigenvalue weighted by Crippen LogP contribution is 2.47. The second-order valence-electron chi connectivity index (χ2n) is 3.30. The Kier molecular flexibility index (Phi) is 1.64. The molecule has 0 saturated heterocycles. The van der Waals surface area contributed by atoms with Crippen LogP contribution in [0, 0.1) is 5.92 Å². The summed E-state index contributed by atoms with van der Waals surface area (Å²) in [6.07, 6.45) is 2.51. The quantitative estimate of drug-likeness (QED) is 0.415. The zero-order valence-electron chi connectivity index (χ0n) is 6.90. The van der Waals surface area contributed by atoms with Crippen LogP contribution in [0.25, 0.3) is 0 Å². The van der Waals surface area contributed by atoms with Gasteiger partial charge in [0.05, 0.1) is 0 Å². The minimum atomic E-state index is 0.589. The maximum Gasteiger partial charge on any atom is 0.148 e. The van der Waals surface area contributed by atoms with Gasteiger partial charge < -0.3 is 9.62 Å². The predicted octanol–water partition coefficient (Wildman–Crippen LogP) is 2.21. The Morgan fingerprint density at radius 3 is 3.00 bits per heavy atom. The fourth-order valence-corrected chi connectivity index (χ4v) is 1.41. The normalized spacial score (nSPS) is 28.1. The van der Waals surface area contributed by atoms with Crippen molar-refractivity contribution < 1.29 is 9.62 Å². The summed E-state index contributed by atoms with van der Waals surface area (Å²) in [6, 6.07) is 3.77. The van der Waals surface area contributed by atoms with Gasteiger partial charge in [0, 0.05) is 5.92 Å². The molecule has 1 fully saturated rings. The third-order valence-electron chi connectivity index (χ3n) is 2.31. The zero-order chi connectivity index (χ0) is 8.55. The van der Waals surface area contributed by atoms with Gasteiger partial charge in [-0.05, 0) is 24.5 Å². The van der Waals surface area contributed by atoms with E-state index in [1.807, 2.05) is 12.1 Å². The average Bonchev–Trinajstić information content (AvgIpc) is 2.62. The summed E-state index contributed by atoms with van der Waals surface area (Å²) >= 11 is 0. The molecule has 0 radical (unpaired) electrons. The fourth-order valence-electron chi connectivity index (χ4n) is 1.41. The van der Waals surface area contributed by atoms with Crippen molar-refractivity contribution in [3.05, 3.63) is 23.7 Å². The van der Waals surface area contributed by atoms with Gasteiger partial charge in [-0.15, -0.1) is 0 Å². The molecule has 3 heteroatoms. The molecule has 1 aliphatic carbocycles. The van der Waals surface area contributed by atoms with E-state index >= 15 is 0 Å². The maximum atomic E-state index is 8.24. The summed E-state index contributed by atoms with van der Waals surface area (Å²) in [5.74, 6) is 2.96. The van der Waals surface area contributed by atoms with Crippen LogP contribution in [0.4, 0.5) is 0 Å². The van der Waals surface area contributed by atoms with Crippen molar-refractivity contribution in [1.82, 2.24) is 0 Å². The number of rotatable bonds is 2. The number of nitrogens with zero attached hydrogens (tertiary/aromatic N) is 1. The lowest BCUT2D eigenvalue weighted by Gasteiger charge is -1.88. The Bertz CT molecular complexity index is 303. The van der Waals surface area contributed by atoms with Gasteiger partial charge in [-0.25, -0.2) is 0 Å². The molecule has 2 atom stereocenters. The minimum Gasteiger partial charge on any atom is -0.460 e. The van der Waals surface area contributed by atoms with E-state index in [1.54, 1.807) is 0 Å². The molecule has 2 rings (SSSR count). The van der Waals surface area contributed by atoms with Crippen molar-refractivity contribution in [2.24, 2.45) is 11.1 Å². The van der Waals surface area contributed by atoms with Gasteiger partial charge in [0.15, 0.2) is 0 Å². The van der Waals surface area contributed by atoms with Crippen molar-refractivity contribution in [3.8, 4) is 0 Å². The number of hydrogen-bond acceptors (Lipinski definition) is 3. The Hall–Kier alpha value is -1.25. The first kappa shape index (κ1) is 7.40. The molecule has 1 aromatic heterocycles. The van der Waals surface area contributed by atoms with E-state index < -0.39 is 0 Å². The van der Waals surface area contributed by atoms with Gasteiger partial charge >= 0.3 is 0 Å². The largest absolute Gasteiger partial charge is 0.460 e. The average molecular weight is 165 g/mol. The smallest absolute Gasteiger partial charge is 0.148 e. The first-order valence-electron chi connectivity index (χ1n) is 4.08. The lowest BCUT2D eigenvalue weighted by Crippen LogP contribution is -1.75. The SMILES string of the molecule is CC1CC1c1ccc(C=NO)o1. The molecule has 1 heterocycles. The molecule has 0 aromatic carbocycles. The molecule has 3 nitrogen and oxygen atoms in total. The van der Waals surface area contributed by atoms with Gasteiger partial charge in [0.25, 0.3) is 0 Å².